The van der Waals surface area contributed by atoms with Crippen molar-refractivity contribution in [3.8, 4) is 5.88 Å². The Hall–Kier alpha value is -0.260. The third-order valence-electron chi connectivity index (χ3n) is 1.74. The smallest absolute Gasteiger partial charge is 0.225 e. The molecular weight excluding hydrogens is 255 g/mol. The van der Waals surface area contributed by atoms with E-state index in [1.54, 1.807) is 0 Å². The first-order valence-corrected chi connectivity index (χ1v) is 4.69. The molecule has 2 heterocycles. The van der Waals surface area contributed by atoms with Gasteiger partial charge in [-0.05, 0) is 22.6 Å². The van der Waals surface area contributed by atoms with Crippen molar-refractivity contribution in [3.63, 3.8) is 0 Å². The maximum Gasteiger partial charge on any atom is 0.225 e. The van der Waals surface area contributed by atoms with Crippen LogP contribution in [0, 0.1) is 9.49 Å². The quantitative estimate of drug-likeness (QED) is 0.664. The van der Waals surface area contributed by atoms with E-state index in [2.05, 4.69) is 34.6 Å². The lowest BCUT2D eigenvalue weighted by Gasteiger charge is -2.20. The Labute approximate surface area is 78.9 Å². The minimum absolute atomic E-state index is 0.582. The molecule has 0 aromatic carbocycles. The van der Waals surface area contributed by atoms with Gasteiger partial charge in [-0.3, -0.25) is 0 Å². The first kappa shape index (κ1) is 7.39. The molecule has 4 heteroatoms. The number of fused-ring (bicyclic) bond motifs is 1. The van der Waals surface area contributed by atoms with Gasteiger partial charge in [0.2, 0.25) is 5.88 Å². The lowest BCUT2D eigenvalue weighted by atomic mass is 10.2. The van der Waals surface area contributed by atoms with Gasteiger partial charge in [0.1, 0.15) is 0 Å². The molecule has 0 bridgehead atoms. The van der Waals surface area contributed by atoms with Crippen molar-refractivity contribution in [2.24, 2.45) is 5.92 Å². The highest BCUT2D eigenvalue weighted by Gasteiger charge is 2.18. The first-order valence-electron chi connectivity index (χ1n) is 3.61. The molecule has 1 aromatic rings. The van der Waals surface area contributed by atoms with E-state index in [0.717, 1.165) is 22.6 Å². The van der Waals surface area contributed by atoms with Crippen LogP contribution in [0.1, 0.15) is 6.92 Å². The van der Waals surface area contributed by atoms with Crippen molar-refractivity contribution >= 4 is 22.6 Å². The van der Waals surface area contributed by atoms with Gasteiger partial charge in [0, 0.05) is 5.92 Å². The molecule has 0 N–H and O–H groups in total. The molecule has 0 unspecified atom stereocenters. The highest BCUT2D eigenvalue weighted by Crippen LogP contribution is 2.25. The van der Waals surface area contributed by atoms with Gasteiger partial charge in [-0.2, -0.15) is 5.10 Å². The van der Waals surface area contributed by atoms with Gasteiger partial charge < -0.3 is 4.74 Å². The highest BCUT2D eigenvalue weighted by molar-refractivity contribution is 14.1. The summed E-state index contributed by atoms with van der Waals surface area (Å²) >= 11 is 2.24. The van der Waals surface area contributed by atoms with Crippen LogP contribution in [0.15, 0.2) is 6.20 Å². The van der Waals surface area contributed by atoms with Crippen LogP contribution in [0.5, 0.6) is 5.88 Å². The van der Waals surface area contributed by atoms with Crippen LogP contribution >= 0.6 is 22.6 Å². The van der Waals surface area contributed by atoms with Gasteiger partial charge in [0.05, 0.1) is 22.9 Å². The average Bonchev–Trinajstić information content (AvgIpc) is 2.32. The number of hydrogen-bond donors (Lipinski definition) is 0. The molecule has 0 saturated heterocycles. The topological polar surface area (TPSA) is 27.1 Å². The summed E-state index contributed by atoms with van der Waals surface area (Å²) in [6.45, 7) is 3.97. The zero-order valence-corrected chi connectivity index (χ0v) is 8.41. The summed E-state index contributed by atoms with van der Waals surface area (Å²) < 4.78 is 8.53. The van der Waals surface area contributed by atoms with E-state index in [9.17, 15) is 0 Å². The van der Waals surface area contributed by atoms with Crippen LogP contribution in [-0.4, -0.2) is 16.4 Å². The van der Waals surface area contributed by atoms with Crippen LogP contribution in [-0.2, 0) is 6.54 Å². The molecule has 0 amide bonds. The first-order chi connectivity index (χ1) is 5.27. The van der Waals surface area contributed by atoms with E-state index in [1.807, 2.05) is 10.9 Å². The van der Waals surface area contributed by atoms with Gasteiger partial charge >= 0.3 is 0 Å². The molecule has 1 aromatic heterocycles. The molecular formula is C7H9IN2O. The predicted molar refractivity (Wildman–Crippen MR) is 49.6 cm³/mol. The third-order valence-corrected chi connectivity index (χ3v) is 2.48. The van der Waals surface area contributed by atoms with Crippen molar-refractivity contribution in [1.29, 1.82) is 0 Å². The number of ether oxygens (including phenoxy) is 1. The molecule has 11 heavy (non-hydrogen) atoms. The van der Waals surface area contributed by atoms with E-state index >= 15 is 0 Å². The Bertz CT molecular complexity index is 271. The number of halogens is 1. The van der Waals surface area contributed by atoms with Gasteiger partial charge in [0.25, 0.3) is 0 Å². The second kappa shape index (κ2) is 2.66. The standard InChI is InChI=1S/C7H9IN2O/c1-5-3-10-7(11-4-5)6(8)2-9-10/h2,5H,3-4H2,1H3/t5-/m0/s1. The fourth-order valence-corrected chi connectivity index (χ4v) is 1.75. The molecule has 0 saturated carbocycles. The number of aromatic nitrogens is 2. The zero-order chi connectivity index (χ0) is 7.84. The molecule has 0 radical (unpaired) electrons. The van der Waals surface area contributed by atoms with Gasteiger partial charge in [-0.25, -0.2) is 4.68 Å². The summed E-state index contributed by atoms with van der Waals surface area (Å²) in [5.41, 5.74) is 0. The van der Waals surface area contributed by atoms with E-state index in [0.29, 0.717) is 5.92 Å². The molecule has 2 rings (SSSR count). The van der Waals surface area contributed by atoms with Crippen molar-refractivity contribution in [3.05, 3.63) is 9.77 Å². The summed E-state index contributed by atoms with van der Waals surface area (Å²) in [5.74, 6) is 1.52. The minimum Gasteiger partial charge on any atom is -0.477 e. The van der Waals surface area contributed by atoms with Crippen LogP contribution < -0.4 is 4.74 Å². The summed E-state index contributed by atoms with van der Waals surface area (Å²) in [6, 6.07) is 0. The lowest BCUT2D eigenvalue weighted by molar-refractivity contribution is 0.174. The number of nitrogens with zero attached hydrogens (tertiary/aromatic N) is 2. The third kappa shape index (κ3) is 1.23. The van der Waals surface area contributed by atoms with E-state index in [1.165, 1.54) is 0 Å². The molecule has 1 aliphatic rings. The van der Waals surface area contributed by atoms with Crippen LogP contribution in [0.2, 0.25) is 0 Å². The van der Waals surface area contributed by atoms with E-state index in [4.69, 9.17) is 4.74 Å². The number of rotatable bonds is 0. The van der Waals surface area contributed by atoms with Gasteiger partial charge in [-0.1, -0.05) is 6.92 Å². The minimum atomic E-state index is 0.582. The monoisotopic (exact) mass is 264 g/mol. The Morgan fingerprint density at radius 1 is 1.82 bits per heavy atom. The molecule has 1 atom stereocenters. The molecule has 0 spiro atoms. The average molecular weight is 264 g/mol. The molecule has 0 fully saturated rings. The van der Waals surface area contributed by atoms with Gasteiger partial charge in [0.15, 0.2) is 0 Å². The second-order valence-electron chi connectivity index (χ2n) is 2.90. The normalized spacial score (nSPS) is 22.5. The highest BCUT2D eigenvalue weighted by atomic mass is 127. The number of hydrogen-bond acceptors (Lipinski definition) is 2. The van der Waals surface area contributed by atoms with E-state index < -0.39 is 0 Å². The van der Waals surface area contributed by atoms with Crippen molar-refractivity contribution < 1.29 is 4.74 Å². The molecule has 0 aliphatic carbocycles. The zero-order valence-electron chi connectivity index (χ0n) is 6.25. The molecule has 60 valence electrons. The van der Waals surface area contributed by atoms with Crippen molar-refractivity contribution in [2.75, 3.05) is 6.61 Å². The molecule has 3 nitrogen and oxygen atoms in total. The summed E-state index contributed by atoms with van der Waals surface area (Å²) in [7, 11) is 0. The lowest BCUT2D eigenvalue weighted by Crippen LogP contribution is -2.23. The SMILES string of the molecule is C[C@@H]1COc2c(I)cnn2C1. The Morgan fingerprint density at radius 2 is 2.64 bits per heavy atom. The van der Waals surface area contributed by atoms with Gasteiger partial charge in [-0.15, -0.1) is 0 Å². The fraction of sp³-hybridized carbons (Fsp3) is 0.571. The fourth-order valence-electron chi connectivity index (χ4n) is 1.19. The largest absolute Gasteiger partial charge is 0.477 e. The van der Waals surface area contributed by atoms with Crippen LogP contribution in [0.4, 0.5) is 0 Å². The van der Waals surface area contributed by atoms with Crippen molar-refractivity contribution in [1.82, 2.24) is 9.78 Å². The predicted octanol–water partition coefficient (Wildman–Crippen LogP) is 1.52. The van der Waals surface area contributed by atoms with Crippen LogP contribution in [0.25, 0.3) is 0 Å². The van der Waals surface area contributed by atoms with Crippen molar-refractivity contribution in [2.45, 2.75) is 13.5 Å². The Balaban J connectivity index is 2.36. The van der Waals surface area contributed by atoms with E-state index in [-0.39, 0.29) is 0 Å². The maximum atomic E-state index is 5.50. The molecule has 1 aliphatic heterocycles. The Kier molecular flexibility index (Phi) is 1.78. The van der Waals surface area contributed by atoms with Crippen LogP contribution in [0.3, 0.4) is 0 Å². The maximum absolute atomic E-state index is 5.50. The second-order valence-corrected chi connectivity index (χ2v) is 4.06. The summed E-state index contributed by atoms with van der Waals surface area (Å²) in [4.78, 5) is 0. The summed E-state index contributed by atoms with van der Waals surface area (Å²) in [5, 5.41) is 4.19. The Morgan fingerprint density at radius 3 is 3.45 bits per heavy atom. The summed E-state index contributed by atoms with van der Waals surface area (Å²) in [6.07, 6.45) is 1.84.